The molecule has 0 aliphatic rings. The maximum Gasteiger partial charge on any atom is 0.421 e. The fourth-order valence-corrected chi connectivity index (χ4v) is 0.550. The van der Waals surface area contributed by atoms with E-state index in [1.165, 1.54) is 0 Å². The number of hydrogen-bond donors (Lipinski definition) is 0. The van der Waals surface area contributed by atoms with Crippen LogP contribution < -0.4 is 0 Å². The van der Waals surface area contributed by atoms with E-state index < -0.39 is 31.9 Å². The largest absolute Gasteiger partial charge is 0.421 e. The number of halogens is 5. The first-order chi connectivity index (χ1) is 5.87. The van der Waals surface area contributed by atoms with Crippen molar-refractivity contribution >= 4 is 0 Å². The van der Waals surface area contributed by atoms with Gasteiger partial charge in [0, 0.05) is 13.5 Å². The molecule has 13 heavy (non-hydrogen) atoms. The van der Waals surface area contributed by atoms with Gasteiger partial charge < -0.3 is 4.74 Å². The van der Waals surface area contributed by atoms with Crippen LogP contribution in [0, 0.1) is 0 Å². The predicted molar refractivity (Wildman–Crippen MR) is 33.4 cm³/mol. The summed E-state index contributed by atoms with van der Waals surface area (Å²) in [6.07, 6.45) is -6.02. The molecular weight excluding hydrogens is 199 g/mol. The van der Waals surface area contributed by atoms with E-state index in [1.54, 1.807) is 0 Å². The van der Waals surface area contributed by atoms with Gasteiger partial charge in [0.25, 0.3) is 0 Å². The molecule has 0 atom stereocenters. The van der Waals surface area contributed by atoms with Crippen molar-refractivity contribution in [1.82, 2.24) is 0 Å². The van der Waals surface area contributed by atoms with Crippen LogP contribution in [0.2, 0.25) is 0 Å². The Morgan fingerprint density at radius 2 is 1.69 bits per heavy atom. The number of methoxy groups -OCH3 is 1. The van der Waals surface area contributed by atoms with Gasteiger partial charge in [-0.3, -0.25) is 4.74 Å². The Balaban J connectivity index is 4.22. The minimum absolute atomic E-state index is 0.557. The number of hydrogen-bond acceptors (Lipinski definition) is 2. The molecule has 2 nitrogen and oxygen atoms in total. The molecule has 0 unspecified atom stereocenters. The van der Waals surface area contributed by atoms with Gasteiger partial charge in [0.05, 0.1) is 6.61 Å². The van der Waals surface area contributed by atoms with E-state index in [9.17, 15) is 22.0 Å². The van der Waals surface area contributed by atoms with Crippen molar-refractivity contribution in [3.05, 3.63) is 0 Å². The summed E-state index contributed by atoms with van der Waals surface area (Å²) in [5, 5.41) is 0. The van der Waals surface area contributed by atoms with Crippen molar-refractivity contribution in [2.75, 3.05) is 20.6 Å². The summed E-state index contributed by atoms with van der Waals surface area (Å²) < 4.78 is 67.9. The standard InChI is InChI=1S/C6H9F5O2/c1-12-3-2-5(8,9)6(10,11)13-4-7/h2-4H2,1H3. The lowest BCUT2D eigenvalue weighted by Crippen LogP contribution is -2.43. The first-order valence-corrected chi connectivity index (χ1v) is 3.32. The molecule has 0 aliphatic carbocycles. The van der Waals surface area contributed by atoms with Crippen molar-refractivity contribution in [2.24, 2.45) is 0 Å². The fourth-order valence-electron chi connectivity index (χ4n) is 0.550. The van der Waals surface area contributed by atoms with E-state index in [2.05, 4.69) is 9.47 Å². The van der Waals surface area contributed by atoms with Gasteiger partial charge in [-0.2, -0.15) is 17.6 Å². The van der Waals surface area contributed by atoms with Crippen LogP contribution in [0.3, 0.4) is 0 Å². The second kappa shape index (κ2) is 4.71. The quantitative estimate of drug-likeness (QED) is 0.623. The van der Waals surface area contributed by atoms with E-state index in [4.69, 9.17) is 0 Å². The van der Waals surface area contributed by atoms with Gasteiger partial charge in [-0.1, -0.05) is 0 Å². The third-order valence-electron chi connectivity index (χ3n) is 1.28. The van der Waals surface area contributed by atoms with E-state index in [0.29, 0.717) is 0 Å². The normalized spacial score (nSPS) is 13.4. The highest BCUT2D eigenvalue weighted by Crippen LogP contribution is 2.37. The summed E-state index contributed by atoms with van der Waals surface area (Å²) in [6.45, 7) is -2.52. The van der Waals surface area contributed by atoms with Gasteiger partial charge in [-0.25, -0.2) is 4.39 Å². The number of rotatable bonds is 6. The Labute approximate surface area is 71.6 Å². The lowest BCUT2D eigenvalue weighted by Gasteiger charge is -2.24. The average Bonchev–Trinajstić information content (AvgIpc) is 2.00. The lowest BCUT2D eigenvalue weighted by molar-refractivity contribution is -0.359. The Hall–Kier alpha value is -0.430. The highest BCUT2D eigenvalue weighted by atomic mass is 19.3. The monoisotopic (exact) mass is 208 g/mol. The van der Waals surface area contributed by atoms with Crippen LogP contribution in [-0.4, -0.2) is 32.6 Å². The van der Waals surface area contributed by atoms with Crippen molar-refractivity contribution < 1.29 is 31.4 Å². The van der Waals surface area contributed by atoms with Crippen molar-refractivity contribution in [3.63, 3.8) is 0 Å². The molecule has 0 saturated heterocycles. The van der Waals surface area contributed by atoms with Crippen LogP contribution in [-0.2, 0) is 9.47 Å². The van der Waals surface area contributed by atoms with Gasteiger partial charge in [0.1, 0.15) is 0 Å². The van der Waals surface area contributed by atoms with E-state index in [-0.39, 0.29) is 0 Å². The minimum Gasteiger partial charge on any atom is -0.384 e. The van der Waals surface area contributed by atoms with Crippen molar-refractivity contribution in [2.45, 2.75) is 18.5 Å². The summed E-state index contributed by atoms with van der Waals surface area (Å²) in [4.78, 5) is 0. The minimum atomic E-state index is -4.79. The highest BCUT2D eigenvalue weighted by molar-refractivity contribution is 4.76. The van der Waals surface area contributed by atoms with Crippen LogP contribution in [0.5, 0.6) is 0 Å². The van der Waals surface area contributed by atoms with Crippen LogP contribution in [0.25, 0.3) is 0 Å². The molecule has 0 radical (unpaired) electrons. The molecule has 7 heteroatoms. The SMILES string of the molecule is COCCC(F)(F)C(F)(F)OCF. The van der Waals surface area contributed by atoms with Crippen LogP contribution in [0.4, 0.5) is 22.0 Å². The molecule has 80 valence electrons. The van der Waals surface area contributed by atoms with E-state index >= 15 is 0 Å². The molecule has 0 aromatic heterocycles. The topological polar surface area (TPSA) is 18.5 Å². The molecule has 0 fully saturated rings. The third kappa shape index (κ3) is 3.43. The molecule has 0 bridgehead atoms. The van der Waals surface area contributed by atoms with Crippen LogP contribution in [0.1, 0.15) is 6.42 Å². The number of alkyl halides is 5. The highest BCUT2D eigenvalue weighted by Gasteiger charge is 2.57. The van der Waals surface area contributed by atoms with Gasteiger partial charge in [-0.15, -0.1) is 0 Å². The van der Waals surface area contributed by atoms with Crippen LogP contribution in [0.15, 0.2) is 0 Å². The summed E-state index contributed by atoms with van der Waals surface area (Å²) in [5.41, 5.74) is 0. The molecule has 0 aromatic rings. The molecule has 0 N–H and O–H groups in total. The molecule has 0 aliphatic heterocycles. The summed E-state index contributed by atoms with van der Waals surface area (Å²) in [5.74, 6) is -4.42. The van der Waals surface area contributed by atoms with Gasteiger partial charge in [0.2, 0.25) is 0 Å². The zero-order chi connectivity index (χ0) is 10.5. The summed E-state index contributed by atoms with van der Waals surface area (Å²) in [6, 6.07) is 0. The molecule has 0 heterocycles. The molecule has 0 amide bonds. The van der Waals surface area contributed by atoms with Crippen molar-refractivity contribution in [1.29, 1.82) is 0 Å². The Kier molecular flexibility index (Phi) is 4.55. The fraction of sp³-hybridized carbons (Fsp3) is 1.00. The smallest absolute Gasteiger partial charge is 0.384 e. The Morgan fingerprint density at radius 1 is 1.15 bits per heavy atom. The molecule has 0 saturated carbocycles. The summed E-state index contributed by atoms with van der Waals surface area (Å²) >= 11 is 0. The van der Waals surface area contributed by atoms with E-state index in [0.717, 1.165) is 7.11 Å². The van der Waals surface area contributed by atoms with Crippen molar-refractivity contribution in [3.8, 4) is 0 Å². The zero-order valence-electron chi connectivity index (χ0n) is 6.83. The summed E-state index contributed by atoms with van der Waals surface area (Å²) in [7, 11) is 1.09. The van der Waals surface area contributed by atoms with Gasteiger partial charge >= 0.3 is 12.0 Å². The number of ether oxygens (including phenoxy) is 2. The Morgan fingerprint density at radius 3 is 2.08 bits per heavy atom. The second-order valence-electron chi connectivity index (χ2n) is 2.22. The van der Waals surface area contributed by atoms with E-state index in [1.807, 2.05) is 0 Å². The maximum absolute atomic E-state index is 12.5. The van der Waals surface area contributed by atoms with Gasteiger partial charge in [0.15, 0.2) is 6.86 Å². The molecule has 0 aromatic carbocycles. The van der Waals surface area contributed by atoms with Crippen LogP contribution >= 0.6 is 0 Å². The lowest BCUT2D eigenvalue weighted by atomic mass is 10.2. The second-order valence-corrected chi connectivity index (χ2v) is 2.22. The first-order valence-electron chi connectivity index (χ1n) is 3.32. The van der Waals surface area contributed by atoms with Gasteiger partial charge in [-0.05, 0) is 0 Å². The molecule has 0 rings (SSSR count). The first kappa shape index (κ1) is 12.6. The average molecular weight is 208 g/mol. The third-order valence-corrected chi connectivity index (χ3v) is 1.28. The molecular formula is C6H9F5O2. The molecule has 0 spiro atoms. The Bertz CT molecular complexity index is 150. The zero-order valence-corrected chi connectivity index (χ0v) is 6.83. The predicted octanol–water partition coefficient (Wildman–Crippen LogP) is 2.19. The maximum atomic E-state index is 12.5.